The molecule has 0 unspecified atom stereocenters. The highest BCUT2D eigenvalue weighted by atomic mass is 16.5. The lowest BCUT2D eigenvalue weighted by Gasteiger charge is -2.23. The second-order valence-corrected chi connectivity index (χ2v) is 6.08. The summed E-state index contributed by atoms with van der Waals surface area (Å²) in [6.07, 6.45) is 2.06. The number of benzene rings is 2. The summed E-state index contributed by atoms with van der Waals surface area (Å²) in [7, 11) is 2.97. The van der Waals surface area contributed by atoms with Crippen LogP contribution in [0.2, 0.25) is 0 Å². The molecule has 2 aromatic carbocycles. The minimum atomic E-state index is -0.406. The van der Waals surface area contributed by atoms with Gasteiger partial charge in [-0.15, -0.1) is 0 Å². The van der Waals surface area contributed by atoms with Gasteiger partial charge in [-0.25, -0.2) is 4.79 Å². The third-order valence-electron chi connectivity index (χ3n) is 4.31. The summed E-state index contributed by atoms with van der Waals surface area (Å²) in [5, 5.41) is 0. The Morgan fingerprint density at radius 1 is 0.960 bits per heavy atom. The molecule has 0 atom stereocenters. The van der Waals surface area contributed by atoms with Gasteiger partial charge in [-0.05, 0) is 54.8 Å². The number of methoxy groups -OCH3 is 2. The van der Waals surface area contributed by atoms with Gasteiger partial charge in [0.1, 0.15) is 5.75 Å². The average molecular weight is 339 g/mol. The molecular formula is C20H21NO4. The molecule has 0 aliphatic heterocycles. The van der Waals surface area contributed by atoms with E-state index in [1.165, 1.54) is 7.11 Å². The molecule has 0 spiro atoms. The first-order valence-electron chi connectivity index (χ1n) is 8.24. The van der Waals surface area contributed by atoms with E-state index in [4.69, 9.17) is 4.74 Å². The van der Waals surface area contributed by atoms with Gasteiger partial charge in [0.15, 0.2) is 0 Å². The molecule has 0 heterocycles. The molecule has 2 aromatic rings. The predicted octanol–water partition coefficient (Wildman–Crippen LogP) is 3.29. The summed E-state index contributed by atoms with van der Waals surface area (Å²) in [6, 6.07) is 14.6. The minimum Gasteiger partial charge on any atom is -0.497 e. The molecule has 0 N–H and O–H groups in total. The number of nitrogens with zero attached hydrogens (tertiary/aromatic N) is 1. The first-order valence-corrected chi connectivity index (χ1v) is 8.24. The maximum Gasteiger partial charge on any atom is 0.337 e. The maximum absolute atomic E-state index is 12.9. The van der Waals surface area contributed by atoms with E-state index < -0.39 is 5.97 Å². The standard InChI is InChI=1S/C20H21NO4/c1-24-18-11-3-14(4-12-18)13-21(17-9-10-17)19(22)15-5-7-16(8-6-15)20(23)25-2/h3-8,11-12,17H,9-10,13H2,1-2H3. The Hall–Kier alpha value is -2.82. The number of carbonyl (C=O) groups excluding carboxylic acids is 2. The van der Waals surface area contributed by atoms with Crippen molar-refractivity contribution in [2.45, 2.75) is 25.4 Å². The van der Waals surface area contributed by atoms with Crippen LogP contribution in [0.4, 0.5) is 0 Å². The molecule has 0 bridgehead atoms. The molecule has 1 fully saturated rings. The normalized spacial score (nSPS) is 13.2. The average Bonchev–Trinajstić information content (AvgIpc) is 3.50. The van der Waals surface area contributed by atoms with Crippen LogP contribution in [0.25, 0.3) is 0 Å². The number of rotatable bonds is 6. The zero-order chi connectivity index (χ0) is 17.8. The molecule has 25 heavy (non-hydrogen) atoms. The van der Waals surface area contributed by atoms with Gasteiger partial charge in [0, 0.05) is 18.2 Å². The Labute approximate surface area is 147 Å². The Morgan fingerprint density at radius 2 is 1.56 bits per heavy atom. The highest BCUT2D eigenvalue weighted by molar-refractivity contribution is 5.96. The summed E-state index contributed by atoms with van der Waals surface area (Å²) in [6.45, 7) is 0.562. The van der Waals surface area contributed by atoms with Crippen molar-refractivity contribution in [3.05, 3.63) is 65.2 Å². The fraction of sp³-hybridized carbons (Fsp3) is 0.300. The highest BCUT2D eigenvalue weighted by Crippen LogP contribution is 2.30. The smallest absolute Gasteiger partial charge is 0.337 e. The van der Waals surface area contributed by atoms with Crippen LogP contribution in [0.1, 0.15) is 39.1 Å². The lowest BCUT2D eigenvalue weighted by Crippen LogP contribution is -2.32. The highest BCUT2D eigenvalue weighted by Gasteiger charge is 2.33. The Bertz CT molecular complexity index is 748. The first kappa shape index (κ1) is 17.0. The van der Waals surface area contributed by atoms with E-state index >= 15 is 0 Å². The van der Waals surface area contributed by atoms with E-state index in [9.17, 15) is 9.59 Å². The number of esters is 1. The van der Waals surface area contributed by atoms with Gasteiger partial charge in [-0.2, -0.15) is 0 Å². The van der Waals surface area contributed by atoms with Crippen molar-refractivity contribution in [2.24, 2.45) is 0 Å². The molecule has 130 valence electrons. The molecule has 1 aliphatic rings. The summed E-state index contributed by atoms with van der Waals surface area (Å²) in [5.74, 6) is 0.373. The van der Waals surface area contributed by atoms with Crippen molar-refractivity contribution in [3.8, 4) is 5.75 Å². The summed E-state index contributed by atoms with van der Waals surface area (Å²) in [4.78, 5) is 26.3. The van der Waals surface area contributed by atoms with Gasteiger partial charge in [0.25, 0.3) is 5.91 Å². The number of ether oxygens (including phenoxy) is 2. The van der Waals surface area contributed by atoms with E-state index in [1.54, 1.807) is 31.4 Å². The van der Waals surface area contributed by atoms with E-state index in [0.29, 0.717) is 17.7 Å². The number of carbonyl (C=O) groups is 2. The molecular weight excluding hydrogens is 318 g/mol. The van der Waals surface area contributed by atoms with E-state index in [2.05, 4.69) is 4.74 Å². The van der Waals surface area contributed by atoms with Gasteiger partial charge in [-0.1, -0.05) is 12.1 Å². The molecule has 1 aliphatic carbocycles. The minimum absolute atomic E-state index is 0.0188. The second-order valence-electron chi connectivity index (χ2n) is 6.08. The van der Waals surface area contributed by atoms with Crippen molar-refractivity contribution in [1.29, 1.82) is 0 Å². The topological polar surface area (TPSA) is 55.8 Å². The molecule has 1 saturated carbocycles. The van der Waals surface area contributed by atoms with Gasteiger partial charge in [0.05, 0.1) is 19.8 Å². The summed E-state index contributed by atoms with van der Waals surface area (Å²) >= 11 is 0. The molecule has 3 rings (SSSR count). The monoisotopic (exact) mass is 339 g/mol. The number of hydrogen-bond donors (Lipinski definition) is 0. The Balaban J connectivity index is 1.75. The largest absolute Gasteiger partial charge is 0.497 e. The molecule has 5 heteroatoms. The second kappa shape index (κ2) is 7.38. The fourth-order valence-corrected chi connectivity index (χ4v) is 2.71. The van der Waals surface area contributed by atoms with Gasteiger partial charge in [0.2, 0.25) is 0 Å². The number of amides is 1. The Kier molecular flexibility index (Phi) is 5.03. The van der Waals surface area contributed by atoms with Crippen LogP contribution >= 0.6 is 0 Å². The van der Waals surface area contributed by atoms with E-state index in [1.807, 2.05) is 29.2 Å². The summed E-state index contributed by atoms with van der Waals surface area (Å²) in [5.41, 5.74) is 2.08. The van der Waals surface area contributed by atoms with Gasteiger partial charge in [-0.3, -0.25) is 4.79 Å². The van der Waals surface area contributed by atoms with Crippen LogP contribution in [0.3, 0.4) is 0 Å². The lowest BCUT2D eigenvalue weighted by molar-refractivity contribution is 0.0599. The van der Waals surface area contributed by atoms with Crippen LogP contribution < -0.4 is 4.74 Å². The van der Waals surface area contributed by atoms with Crippen molar-refractivity contribution >= 4 is 11.9 Å². The first-order chi connectivity index (χ1) is 12.1. The predicted molar refractivity (Wildman–Crippen MR) is 93.7 cm³/mol. The molecule has 1 amide bonds. The maximum atomic E-state index is 12.9. The fourth-order valence-electron chi connectivity index (χ4n) is 2.71. The van der Waals surface area contributed by atoms with Crippen molar-refractivity contribution in [1.82, 2.24) is 4.90 Å². The number of hydrogen-bond acceptors (Lipinski definition) is 4. The van der Waals surface area contributed by atoms with Gasteiger partial charge >= 0.3 is 5.97 Å². The quantitative estimate of drug-likeness (QED) is 0.758. The summed E-state index contributed by atoms with van der Waals surface area (Å²) < 4.78 is 9.86. The zero-order valence-electron chi connectivity index (χ0n) is 14.4. The van der Waals surface area contributed by atoms with Crippen LogP contribution in [0, 0.1) is 0 Å². The molecule has 0 saturated heterocycles. The van der Waals surface area contributed by atoms with Gasteiger partial charge < -0.3 is 14.4 Å². The molecule has 0 radical (unpaired) electrons. The Morgan fingerprint density at radius 3 is 2.08 bits per heavy atom. The van der Waals surface area contributed by atoms with Crippen LogP contribution in [0.15, 0.2) is 48.5 Å². The molecule has 0 aromatic heterocycles. The molecule has 5 nitrogen and oxygen atoms in total. The SMILES string of the molecule is COC(=O)c1ccc(C(=O)N(Cc2ccc(OC)cc2)C2CC2)cc1. The lowest BCUT2D eigenvalue weighted by atomic mass is 10.1. The third kappa shape index (κ3) is 3.99. The van der Waals surface area contributed by atoms with E-state index in [-0.39, 0.29) is 11.9 Å². The van der Waals surface area contributed by atoms with E-state index in [0.717, 1.165) is 24.2 Å². The van der Waals surface area contributed by atoms with Crippen LogP contribution in [-0.2, 0) is 11.3 Å². The van der Waals surface area contributed by atoms with Crippen LogP contribution in [0.5, 0.6) is 5.75 Å². The third-order valence-corrected chi connectivity index (χ3v) is 4.31. The van der Waals surface area contributed by atoms with Crippen molar-refractivity contribution < 1.29 is 19.1 Å². The van der Waals surface area contributed by atoms with Crippen LogP contribution in [-0.4, -0.2) is 37.0 Å². The van der Waals surface area contributed by atoms with Crippen molar-refractivity contribution in [2.75, 3.05) is 14.2 Å². The van der Waals surface area contributed by atoms with Crippen molar-refractivity contribution in [3.63, 3.8) is 0 Å². The zero-order valence-corrected chi connectivity index (χ0v) is 14.4.